The molecular formula is C19H25NO4. The lowest BCUT2D eigenvalue weighted by Gasteiger charge is -2.15. The van der Waals surface area contributed by atoms with Crippen LogP contribution in [0.2, 0.25) is 0 Å². The number of benzene rings is 2. The average Bonchev–Trinajstić information content (AvgIpc) is 2.61. The van der Waals surface area contributed by atoms with Gasteiger partial charge in [-0.2, -0.15) is 0 Å². The van der Waals surface area contributed by atoms with Gasteiger partial charge in [-0.25, -0.2) is 4.79 Å². The lowest BCUT2D eigenvalue weighted by atomic mass is 10.1. The molecule has 0 spiro atoms. The van der Waals surface area contributed by atoms with Gasteiger partial charge in [0.05, 0.1) is 14.2 Å². The van der Waals surface area contributed by atoms with Crippen LogP contribution in [0.4, 0.5) is 4.79 Å². The zero-order valence-corrected chi connectivity index (χ0v) is 14.6. The number of amides is 1. The molecule has 1 N–H and O–H groups in total. The summed E-state index contributed by atoms with van der Waals surface area (Å²) in [5.41, 5.74) is 0. The maximum absolute atomic E-state index is 12.1. The van der Waals surface area contributed by atoms with E-state index in [1.807, 2.05) is 24.3 Å². The highest BCUT2D eigenvalue weighted by atomic mass is 16.6. The summed E-state index contributed by atoms with van der Waals surface area (Å²) in [5.74, 6) is 1.54. The van der Waals surface area contributed by atoms with Gasteiger partial charge in [-0.05, 0) is 6.42 Å². The molecule has 0 saturated carbocycles. The summed E-state index contributed by atoms with van der Waals surface area (Å²) in [7, 11) is 3.14. The fourth-order valence-electron chi connectivity index (χ4n) is 2.59. The van der Waals surface area contributed by atoms with Crippen molar-refractivity contribution >= 4 is 16.9 Å². The van der Waals surface area contributed by atoms with Crippen molar-refractivity contribution in [3.8, 4) is 17.2 Å². The van der Waals surface area contributed by atoms with Crippen molar-refractivity contribution in [2.24, 2.45) is 0 Å². The molecule has 2 aromatic rings. The molecule has 2 rings (SSSR count). The van der Waals surface area contributed by atoms with E-state index in [1.54, 1.807) is 20.3 Å². The zero-order chi connectivity index (χ0) is 17.4. The Morgan fingerprint density at radius 1 is 1.00 bits per heavy atom. The summed E-state index contributed by atoms with van der Waals surface area (Å²) in [6.07, 6.45) is 3.92. The van der Waals surface area contributed by atoms with Crippen LogP contribution in [-0.2, 0) is 0 Å². The second-order valence-electron chi connectivity index (χ2n) is 5.53. The van der Waals surface area contributed by atoms with Gasteiger partial charge >= 0.3 is 6.09 Å². The third-order valence-electron chi connectivity index (χ3n) is 3.86. The summed E-state index contributed by atoms with van der Waals surface area (Å²) in [6, 6.07) is 9.32. The van der Waals surface area contributed by atoms with Crippen LogP contribution in [0.25, 0.3) is 10.8 Å². The molecule has 0 saturated heterocycles. The van der Waals surface area contributed by atoms with E-state index in [0.717, 1.165) is 23.6 Å². The van der Waals surface area contributed by atoms with Crippen LogP contribution in [0, 0.1) is 0 Å². The summed E-state index contributed by atoms with van der Waals surface area (Å²) >= 11 is 0. The largest absolute Gasteiger partial charge is 0.496 e. The highest BCUT2D eigenvalue weighted by molar-refractivity contribution is 5.97. The van der Waals surface area contributed by atoms with Crippen molar-refractivity contribution in [2.45, 2.75) is 32.6 Å². The maximum atomic E-state index is 12.1. The molecule has 1 amide bonds. The second-order valence-corrected chi connectivity index (χ2v) is 5.53. The van der Waals surface area contributed by atoms with Gasteiger partial charge in [0.25, 0.3) is 0 Å². The number of hydrogen-bond acceptors (Lipinski definition) is 4. The molecule has 0 radical (unpaired) electrons. The SMILES string of the molecule is CCCCCCNC(=O)Oc1c(OC)cc(OC)c2ccccc12. The van der Waals surface area contributed by atoms with Gasteiger partial charge in [-0.3, -0.25) is 0 Å². The van der Waals surface area contributed by atoms with Crippen molar-refractivity contribution in [1.82, 2.24) is 5.32 Å². The van der Waals surface area contributed by atoms with Gasteiger partial charge in [-0.15, -0.1) is 0 Å². The van der Waals surface area contributed by atoms with Gasteiger partial charge in [0.15, 0.2) is 11.5 Å². The molecule has 5 heteroatoms. The number of carbonyl (C=O) groups excluding carboxylic acids is 1. The number of methoxy groups -OCH3 is 2. The Bertz CT molecular complexity index is 684. The fraction of sp³-hybridized carbons (Fsp3) is 0.421. The van der Waals surface area contributed by atoms with E-state index in [0.29, 0.717) is 23.8 Å². The fourth-order valence-corrected chi connectivity index (χ4v) is 2.59. The highest BCUT2D eigenvalue weighted by Crippen LogP contribution is 2.41. The predicted octanol–water partition coefficient (Wildman–Crippen LogP) is 4.53. The quantitative estimate of drug-likeness (QED) is 0.722. The Morgan fingerprint density at radius 3 is 2.38 bits per heavy atom. The van der Waals surface area contributed by atoms with Crippen LogP contribution < -0.4 is 19.5 Å². The van der Waals surface area contributed by atoms with Gasteiger partial charge in [0.1, 0.15) is 5.75 Å². The standard InChI is InChI=1S/C19H25NO4/c1-4-5-6-9-12-20-19(21)24-18-15-11-8-7-10-14(15)16(22-2)13-17(18)23-3/h7-8,10-11,13H,4-6,9,12H2,1-3H3,(H,20,21). The van der Waals surface area contributed by atoms with Crippen molar-refractivity contribution in [3.05, 3.63) is 30.3 Å². The molecule has 0 atom stereocenters. The third kappa shape index (κ3) is 4.31. The summed E-state index contributed by atoms with van der Waals surface area (Å²) in [4.78, 5) is 12.1. The molecule has 0 bridgehead atoms. The first-order valence-corrected chi connectivity index (χ1v) is 8.30. The van der Waals surface area contributed by atoms with Crippen molar-refractivity contribution in [1.29, 1.82) is 0 Å². The number of nitrogens with one attached hydrogen (secondary N) is 1. The number of ether oxygens (including phenoxy) is 3. The zero-order valence-electron chi connectivity index (χ0n) is 14.6. The third-order valence-corrected chi connectivity index (χ3v) is 3.86. The Labute approximate surface area is 142 Å². The normalized spacial score (nSPS) is 10.5. The number of carbonyl (C=O) groups is 1. The van der Waals surface area contributed by atoms with Crippen LogP contribution in [0.3, 0.4) is 0 Å². The van der Waals surface area contributed by atoms with E-state index in [1.165, 1.54) is 12.8 Å². The topological polar surface area (TPSA) is 56.8 Å². The number of unbranched alkanes of at least 4 members (excludes halogenated alkanes) is 3. The first-order valence-electron chi connectivity index (χ1n) is 8.30. The predicted molar refractivity (Wildman–Crippen MR) is 95.2 cm³/mol. The van der Waals surface area contributed by atoms with E-state index in [9.17, 15) is 4.79 Å². The van der Waals surface area contributed by atoms with E-state index < -0.39 is 6.09 Å². The Morgan fingerprint density at radius 2 is 1.71 bits per heavy atom. The van der Waals surface area contributed by atoms with E-state index in [4.69, 9.17) is 14.2 Å². The maximum Gasteiger partial charge on any atom is 0.412 e. The van der Waals surface area contributed by atoms with Crippen LogP contribution in [0.1, 0.15) is 32.6 Å². The minimum atomic E-state index is -0.472. The van der Waals surface area contributed by atoms with Crippen molar-refractivity contribution < 1.29 is 19.0 Å². The molecule has 2 aromatic carbocycles. The second kappa shape index (κ2) is 9.01. The Balaban J connectivity index is 2.17. The molecule has 0 heterocycles. The molecule has 5 nitrogen and oxygen atoms in total. The molecular weight excluding hydrogens is 306 g/mol. The first-order chi connectivity index (χ1) is 11.7. The molecule has 0 aliphatic rings. The molecule has 0 aromatic heterocycles. The smallest absolute Gasteiger partial charge is 0.412 e. The monoisotopic (exact) mass is 331 g/mol. The first kappa shape index (κ1) is 17.9. The average molecular weight is 331 g/mol. The van der Waals surface area contributed by atoms with Crippen LogP contribution in [0.5, 0.6) is 17.2 Å². The number of rotatable bonds is 8. The van der Waals surface area contributed by atoms with Crippen molar-refractivity contribution in [2.75, 3.05) is 20.8 Å². The highest BCUT2D eigenvalue weighted by Gasteiger charge is 2.17. The van der Waals surface area contributed by atoms with Gasteiger partial charge < -0.3 is 19.5 Å². The molecule has 130 valence electrons. The molecule has 0 fully saturated rings. The Kier molecular flexibility index (Phi) is 6.73. The molecule has 24 heavy (non-hydrogen) atoms. The summed E-state index contributed by atoms with van der Waals surface area (Å²) in [6.45, 7) is 2.76. The van der Waals surface area contributed by atoms with Gasteiger partial charge in [0.2, 0.25) is 0 Å². The number of hydrogen-bond donors (Lipinski definition) is 1. The van der Waals surface area contributed by atoms with E-state index in [-0.39, 0.29) is 0 Å². The minimum absolute atomic E-state index is 0.403. The number of fused-ring (bicyclic) bond motifs is 1. The Hall–Kier alpha value is -2.43. The molecule has 0 aliphatic heterocycles. The van der Waals surface area contributed by atoms with Crippen LogP contribution >= 0.6 is 0 Å². The van der Waals surface area contributed by atoms with Crippen LogP contribution in [0.15, 0.2) is 30.3 Å². The van der Waals surface area contributed by atoms with Gasteiger partial charge in [-0.1, -0.05) is 50.5 Å². The minimum Gasteiger partial charge on any atom is -0.496 e. The lowest BCUT2D eigenvalue weighted by Crippen LogP contribution is -2.28. The van der Waals surface area contributed by atoms with E-state index in [2.05, 4.69) is 12.2 Å². The van der Waals surface area contributed by atoms with Crippen molar-refractivity contribution in [3.63, 3.8) is 0 Å². The molecule has 0 unspecified atom stereocenters. The molecule has 0 aliphatic carbocycles. The summed E-state index contributed by atoms with van der Waals surface area (Å²) < 4.78 is 16.3. The van der Waals surface area contributed by atoms with E-state index >= 15 is 0 Å². The summed E-state index contributed by atoms with van der Waals surface area (Å²) in [5, 5.41) is 4.43. The van der Waals surface area contributed by atoms with Crippen LogP contribution in [-0.4, -0.2) is 26.9 Å². The lowest BCUT2D eigenvalue weighted by molar-refractivity contribution is 0.198. The van der Waals surface area contributed by atoms with Gasteiger partial charge in [0, 0.05) is 23.4 Å².